The maximum absolute atomic E-state index is 15.3. The summed E-state index contributed by atoms with van der Waals surface area (Å²) in [5.41, 5.74) is 5.86. The van der Waals surface area contributed by atoms with Crippen LogP contribution in [0, 0.1) is 23.1 Å². The number of nitrogen functional groups attached to an aromatic ring is 1. The normalized spacial score (nSPS) is 13.8. The van der Waals surface area contributed by atoms with Crippen molar-refractivity contribution < 1.29 is 18.7 Å². The monoisotopic (exact) mass is 512 g/mol. The van der Waals surface area contributed by atoms with Gasteiger partial charge in [-0.15, -0.1) is 0 Å². The third-order valence-electron chi connectivity index (χ3n) is 6.00. The van der Waals surface area contributed by atoms with Crippen LogP contribution in [0.15, 0.2) is 66.5 Å². The SMILES string of the molecule is CC(C)(Cn1nc(-c2ccc(Oc3ccccc3)cc2F)c2c(N)ncnc21)OC(=O)C(C#N)=CC1CC1. The number of nitriles is 1. The lowest BCUT2D eigenvalue weighted by molar-refractivity contribution is -0.152. The minimum Gasteiger partial charge on any atom is -0.457 e. The number of carbonyl (C=O) groups excluding carboxylic acids is 1. The number of anilines is 1. The molecule has 2 aromatic heterocycles. The average molecular weight is 513 g/mol. The Morgan fingerprint density at radius 2 is 1.97 bits per heavy atom. The number of para-hydroxylation sites is 1. The molecule has 1 saturated carbocycles. The van der Waals surface area contributed by atoms with Crippen LogP contribution in [-0.4, -0.2) is 31.3 Å². The van der Waals surface area contributed by atoms with Gasteiger partial charge in [-0.2, -0.15) is 10.4 Å². The summed E-state index contributed by atoms with van der Waals surface area (Å²) in [7, 11) is 0. The van der Waals surface area contributed by atoms with Crippen LogP contribution in [0.2, 0.25) is 0 Å². The second-order valence-corrected chi connectivity index (χ2v) is 9.70. The van der Waals surface area contributed by atoms with Crippen LogP contribution < -0.4 is 10.5 Å². The summed E-state index contributed by atoms with van der Waals surface area (Å²) in [5, 5.41) is 14.3. The second kappa shape index (κ2) is 9.94. The number of esters is 1. The number of halogens is 1. The molecule has 192 valence electrons. The molecule has 4 aromatic rings. The summed E-state index contributed by atoms with van der Waals surface area (Å²) < 4.78 is 28.2. The Morgan fingerprint density at radius 3 is 2.66 bits per heavy atom. The number of aromatic nitrogens is 4. The first kappa shape index (κ1) is 24.9. The smallest absolute Gasteiger partial charge is 0.349 e. The molecule has 0 bridgehead atoms. The lowest BCUT2D eigenvalue weighted by Crippen LogP contribution is -2.34. The molecule has 2 heterocycles. The Labute approximate surface area is 218 Å². The van der Waals surface area contributed by atoms with E-state index in [1.54, 1.807) is 44.2 Å². The highest BCUT2D eigenvalue weighted by atomic mass is 19.1. The van der Waals surface area contributed by atoms with Gasteiger partial charge in [0.2, 0.25) is 0 Å². The van der Waals surface area contributed by atoms with Gasteiger partial charge in [0.15, 0.2) is 5.65 Å². The summed E-state index contributed by atoms with van der Waals surface area (Å²) in [4.78, 5) is 21.0. The zero-order chi connectivity index (χ0) is 26.9. The average Bonchev–Trinajstić information content (AvgIpc) is 3.63. The zero-order valence-electron chi connectivity index (χ0n) is 20.9. The molecular weight excluding hydrogens is 487 g/mol. The lowest BCUT2D eigenvalue weighted by Gasteiger charge is -2.25. The van der Waals surface area contributed by atoms with Crippen molar-refractivity contribution in [3.63, 3.8) is 0 Å². The van der Waals surface area contributed by atoms with Gasteiger partial charge in [0.25, 0.3) is 0 Å². The van der Waals surface area contributed by atoms with E-state index in [1.165, 1.54) is 17.1 Å². The summed E-state index contributed by atoms with van der Waals surface area (Å²) >= 11 is 0. The highest BCUT2D eigenvalue weighted by molar-refractivity contribution is 5.98. The van der Waals surface area contributed by atoms with Crippen molar-refractivity contribution in [2.45, 2.75) is 38.8 Å². The van der Waals surface area contributed by atoms with Crippen LogP contribution >= 0.6 is 0 Å². The molecule has 0 saturated heterocycles. The van der Waals surface area contributed by atoms with E-state index >= 15 is 4.39 Å². The van der Waals surface area contributed by atoms with Crippen molar-refractivity contribution >= 4 is 22.8 Å². The van der Waals surface area contributed by atoms with Crippen LogP contribution in [0.25, 0.3) is 22.3 Å². The van der Waals surface area contributed by atoms with E-state index in [-0.39, 0.29) is 35.1 Å². The summed E-state index contributed by atoms with van der Waals surface area (Å²) in [6, 6.07) is 15.4. The highest BCUT2D eigenvalue weighted by Gasteiger charge is 2.30. The number of fused-ring (bicyclic) bond motifs is 1. The number of allylic oxidation sites excluding steroid dienone is 1. The molecule has 38 heavy (non-hydrogen) atoms. The van der Waals surface area contributed by atoms with Gasteiger partial charge >= 0.3 is 5.97 Å². The van der Waals surface area contributed by atoms with Gasteiger partial charge in [-0.05, 0) is 56.9 Å². The van der Waals surface area contributed by atoms with E-state index in [2.05, 4.69) is 15.1 Å². The second-order valence-electron chi connectivity index (χ2n) is 9.70. The van der Waals surface area contributed by atoms with E-state index in [9.17, 15) is 10.1 Å². The fraction of sp³-hybridized carbons (Fsp3) is 0.250. The summed E-state index contributed by atoms with van der Waals surface area (Å²) in [6.07, 6.45) is 4.86. The number of nitrogens with two attached hydrogens (primary N) is 1. The first-order valence-corrected chi connectivity index (χ1v) is 12.1. The maximum Gasteiger partial charge on any atom is 0.349 e. The van der Waals surface area contributed by atoms with Crippen LogP contribution in [0.5, 0.6) is 11.5 Å². The van der Waals surface area contributed by atoms with E-state index < -0.39 is 17.4 Å². The van der Waals surface area contributed by atoms with Gasteiger partial charge in [-0.25, -0.2) is 23.8 Å². The van der Waals surface area contributed by atoms with Crippen molar-refractivity contribution in [2.24, 2.45) is 5.92 Å². The fourth-order valence-electron chi connectivity index (χ4n) is 4.05. The molecule has 2 N–H and O–H groups in total. The molecule has 0 aliphatic heterocycles. The first-order valence-electron chi connectivity index (χ1n) is 12.1. The van der Waals surface area contributed by atoms with Gasteiger partial charge in [0.1, 0.15) is 52.4 Å². The third kappa shape index (κ3) is 5.32. The van der Waals surface area contributed by atoms with Crippen molar-refractivity contribution in [1.82, 2.24) is 19.7 Å². The molecule has 0 unspecified atom stereocenters. The Hall–Kier alpha value is -4.78. The Morgan fingerprint density at radius 1 is 1.21 bits per heavy atom. The van der Waals surface area contributed by atoms with Gasteiger partial charge in [0, 0.05) is 11.6 Å². The van der Waals surface area contributed by atoms with Crippen molar-refractivity contribution in [3.05, 3.63) is 72.3 Å². The number of hydrogen-bond acceptors (Lipinski definition) is 8. The number of ether oxygens (including phenoxy) is 2. The minimum absolute atomic E-state index is 0.0157. The van der Waals surface area contributed by atoms with Crippen molar-refractivity contribution in [1.29, 1.82) is 5.26 Å². The molecule has 10 heteroatoms. The topological polar surface area (TPSA) is 129 Å². The van der Waals surface area contributed by atoms with E-state index in [0.29, 0.717) is 22.5 Å². The number of rotatable bonds is 8. The molecule has 5 rings (SSSR count). The molecule has 0 spiro atoms. The van der Waals surface area contributed by atoms with E-state index in [4.69, 9.17) is 15.2 Å². The molecule has 0 radical (unpaired) electrons. The maximum atomic E-state index is 15.3. The molecule has 0 atom stereocenters. The van der Waals surface area contributed by atoms with E-state index in [1.807, 2.05) is 24.3 Å². The highest BCUT2D eigenvalue weighted by Crippen LogP contribution is 2.35. The summed E-state index contributed by atoms with van der Waals surface area (Å²) in [5.74, 6) is 0.0191. The van der Waals surface area contributed by atoms with Crippen LogP contribution in [0.3, 0.4) is 0 Å². The third-order valence-corrected chi connectivity index (χ3v) is 6.00. The van der Waals surface area contributed by atoms with Crippen LogP contribution in [0.1, 0.15) is 26.7 Å². The Balaban J connectivity index is 1.45. The number of hydrogen-bond donors (Lipinski definition) is 1. The molecule has 0 amide bonds. The molecule has 2 aromatic carbocycles. The molecule has 1 aliphatic carbocycles. The standard InChI is InChI=1S/C28H25FN6O3/c1-28(2,38-27(36)18(14-30)12-17-8-9-17)15-35-26-23(25(31)32-16-33-26)24(34-35)21-11-10-20(13-22(21)29)37-19-6-4-3-5-7-19/h3-7,10-13,16-17H,8-9,15H2,1-2H3,(H2,31,32,33). The fourth-order valence-corrected chi connectivity index (χ4v) is 4.05. The predicted octanol–water partition coefficient (Wildman–Crippen LogP) is 5.19. The zero-order valence-corrected chi connectivity index (χ0v) is 20.9. The van der Waals surface area contributed by atoms with Crippen LogP contribution in [-0.2, 0) is 16.1 Å². The first-order chi connectivity index (χ1) is 18.2. The Bertz CT molecular complexity index is 1590. The largest absolute Gasteiger partial charge is 0.457 e. The van der Waals surface area contributed by atoms with Gasteiger partial charge in [0.05, 0.1) is 11.9 Å². The van der Waals surface area contributed by atoms with Gasteiger partial charge < -0.3 is 15.2 Å². The lowest BCUT2D eigenvalue weighted by atomic mass is 10.1. The Kier molecular flexibility index (Phi) is 6.51. The molecular formula is C28H25FN6O3. The van der Waals surface area contributed by atoms with Crippen molar-refractivity contribution in [3.8, 4) is 28.8 Å². The summed E-state index contributed by atoms with van der Waals surface area (Å²) in [6.45, 7) is 3.47. The van der Waals surface area contributed by atoms with E-state index in [0.717, 1.165) is 12.8 Å². The number of carbonyl (C=O) groups is 1. The molecule has 9 nitrogen and oxygen atoms in total. The predicted molar refractivity (Wildman–Crippen MR) is 138 cm³/mol. The quantitative estimate of drug-likeness (QED) is 0.194. The molecule has 1 fully saturated rings. The van der Waals surface area contributed by atoms with Gasteiger partial charge in [-0.1, -0.05) is 24.3 Å². The van der Waals surface area contributed by atoms with Crippen molar-refractivity contribution in [2.75, 3.05) is 5.73 Å². The van der Waals surface area contributed by atoms with Crippen LogP contribution in [0.4, 0.5) is 10.2 Å². The molecule has 1 aliphatic rings. The number of benzene rings is 2. The minimum atomic E-state index is -1.07. The number of nitrogens with zero attached hydrogens (tertiary/aromatic N) is 5. The van der Waals surface area contributed by atoms with Gasteiger partial charge in [-0.3, -0.25) is 0 Å².